The van der Waals surface area contributed by atoms with Gasteiger partial charge < -0.3 is 9.64 Å². The van der Waals surface area contributed by atoms with Gasteiger partial charge in [0, 0.05) is 19.1 Å². The lowest BCUT2D eigenvalue weighted by Crippen LogP contribution is -2.59. The van der Waals surface area contributed by atoms with E-state index in [0.29, 0.717) is 0 Å². The van der Waals surface area contributed by atoms with Crippen molar-refractivity contribution in [3.8, 4) is 0 Å². The molecule has 0 aliphatic carbocycles. The predicted octanol–water partition coefficient (Wildman–Crippen LogP) is 2.04. The zero-order chi connectivity index (χ0) is 14.5. The molecule has 1 heterocycles. The molecule has 0 radical (unpaired) electrons. The van der Waals surface area contributed by atoms with Crippen LogP contribution in [0.25, 0.3) is 0 Å². The van der Waals surface area contributed by atoms with E-state index in [1.54, 1.807) is 0 Å². The second-order valence-electron chi connectivity index (χ2n) is 6.30. The molecule has 0 amide bonds. The molecule has 2 atom stereocenters. The van der Waals surface area contributed by atoms with E-state index in [4.69, 9.17) is 4.74 Å². The Morgan fingerprint density at radius 1 is 1.53 bits per heavy atom. The summed E-state index contributed by atoms with van der Waals surface area (Å²) in [5.74, 6) is 0.631. The third-order valence-electron chi connectivity index (χ3n) is 3.85. The van der Waals surface area contributed by atoms with E-state index in [2.05, 4.69) is 31.0 Å². The molecule has 0 saturated carbocycles. The summed E-state index contributed by atoms with van der Waals surface area (Å²) in [7, 11) is 1.46. The average Bonchev–Trinajstić information content (AvgIpc) is 2.74. The molecule has 0 aromatic carbocycles. The first kappa shape index (κ1) is 16.4. The molecular weight excluding hydrogens is 240 g/mol. The molecule has 4 heteroatoms. The minimum Gasteiger partial charge on any atom is -0.468 e. The second-order valence-corrected chi connectivity index (χ2v) is 6.30. The number of methoxy groups -OCH3 is 1. The van der Waals surface area contributed by atoms with E-state index < -0.39 is 5.54 Å². The van der Waals surface area contributed by atoms with E-state index in [1.807, 2.05) is 6.92 Å². The van der Waals surface area contributed by atoms with Gasteiger partial charge in [-0.15, -0.1) is 0 Å². The largest absolute Gasteiger partial charge is 0.468 e. The monoisotopic (exact) mass is 270 g/mol. The van der Waals surface area contributed by atoms with E-state index in [-0.39, 0.29) is 12.0 Å². The highest BCUT2D eigenvalue weighted by molar-refractivity contribution is 5.80. The molecule has 1 aliphatic rings. The topological polar surface area (TPSA) is 41.6 Å². The fraction of sp³-hybridized carbons (Fsp3) is 0.933. The molecule has 4 nitrogen and oxygen atoms in total. The van der Waals surface area contributed by atoms with Crippen LogP contribution in [0.5, 0.6) is 0 Å². The highest BCUT2D eigenvalue weighted by Crippen LogP contribution is 2.23. The molecule has 1 aliphatic heterocycles. The maximum absolute atomic E-state index is 12.1. The summed E-state index contributed by atoms with van der Waals surface area (Å²) in [5.41, 5.74) is -0.607. The van der Waals surface area contributed by atoms with Crippen LogP contribution in [0.1, 0.15) is 47.0 Å². The highest BCUT2D eigenvalue weighted by atomic mass is 16.5. The van der Waals surface area contributed by atoms with Gasteiger partial charge in [0.2, 0.25) is 0 Å². The number of rotatable bonds is 7. The van der Waals surface area contributed by atoms with Gasteiger partial charge in [0.05, 0.1) is 7.11 Å². The minimum absolute atomic E-state index is 0.167. The Kier molecular flexibility index (Phi) is 6.27. The van der Waals surface area contributed by atoms with Crippen molar-refractivity contribution in [3.05, 3.63) is 0 Å². The van der Waals surface area contributed by atoms with Crippen molar-refractivity contribution in [3.63, 3.8) is 0 Å². The van der Waals surface area contributed by atoms with Crippen molar-refractivity contribution in [1.82, 2.24) is 10.2 Å². The number of nitrogens with zero attached hydrogens (tertiary/aromatic N) is 1. The summed E-state index contributed by atoms with van der Waals surface area (Å²) in [6, 6.07) is 0.262. The third kappa shape index (κ3) is 4.77. The van der Waals surface area contributed by atoms with Crippen molar-refractivity contribution in [1.29, 1.82) is 0 Å². The Morgan fingerprint density at radius 3 is 2.74 bits per heavy atom. The van der Waals surface area contributed by atoms with Crippen molar-refractivity contribution < 1.29 is 9.53 Å². The lowest BCUT2D eigenvalue weighted by Gasteiger charge is -2.34. The SMILES string of the molecule is CCCC1CCN(CC(C)(NC(C)C)C(=O)OC)C1. The summed E-state index contributed by atoms with van der Waals surface area (Å²) in [4.78, 5) is 14.4. The standard InChI is InChI=1S/C15H30N2O2/c1-6-7-13-8-9-17(10-13)11-15(4,14(18)19-5)16-12(2)3/h12-13,16H,6-11H2,1-5H3. The number of nitrogens with one attached hydrogen (secondary N) is 1. The van der Waals surface area contributed by atoms with E-state index in [9.17, 15) is 4.79 Å². The first-order valence-electron chi connectivity index (χ1n) is 7.49. The number of hydrogen-bond donors (Lipinski definition) is 1. The van der Waals surface area contributed by atoms with Gasteiger partial charge in [0.15, 0.2) is 0 Å². The van der Waals surface area contributed by atoms with E-state index in [1.165, 1.54) is 26.4 Å². The number of carbonyl (C=O) groups is 1. The van der Waals surface area contributed by atoms with Gasteiger partial charge in [0.25, 0.3) is 0 Å². The van der Waals surface area contributed by atoms with Crippen molar-refractivity contribution >= 4 is 5.97 Å². The van der Waals surface area contributed by atoms with Crippen molar-refractivity contribution in [2.75, 3.05) is 26.7 Å². The number of esters is 1. The molecular formula is C15H30N2O2. The lowest BCUT2D eigenvalue weighted by atomic mass is 10.00. The van der Waals surface area contributed by atoms with Crippen LogP contribution in [0.4, 0.5) is 0 Å². The normalized spacial score (nSPS) is 23.6. The van der Waals surface area contributed by atoms with Crippen molar-refractivity contribution in [2.45, 2.75) is 58.5 Å². The number of ether oxygens (including phenoxy) is 1. The van der Waals surface area contributed by atoms with Gasteiger partial charge in [-0.25, -0.2) is 0 Å². The van der Waals surface area contributed by atoms with Crippen LogP contribution < -0.4 is 5.32 Å². The Balaban J connectivity index is 2.61. The molecule has 1 fully saturated rings. The molecule has 0 spiro atoms. The Morgan fingerprint density at radius 2 is 2.21 bits per heavy atom. The Labute approximate surface area is 117 Å². The van der Waals surface area contributed by atoms with Gasteiger partial charge in [-0.2, -0.15) is 0 Å². The van der Waals surface area contributed by atoms with Gasteiger partial charge in [-0.3, -0.25) is 10.1 Å². The van der Waals surface area contributed by atoms with Crippen LogP contribution in [0.2, 0.25) is 0 Å². The quantitative estimate of drug-likeness (QED) is 0.719. The fourth-order valence-corrected chi connectivity index (χ4v) is 3.18. The molecule has 2 unspecified atom stereocenters. The third-order valence-corrected chi connectivity index (χ3v) is 3.85. The highest BCUT2D eigenvalue weighted by Gasteiger charge is 2.38. The second kappa shape index (κ2) is 7.25. The maximum atomic E-state index is 12.1. The van der Waals surface area contributed by atoms with Crippen LogP contribution in [0, 0.1) is 5.92 Å². The zero-order valence-electron chi connectivity index (χ0n) is 13.2. The zero-order valence-corrected chi connectivity index (χ0v) is 13.2. The van der Waals surface area contributed by atoms with Gasteiger partial charge in [-0.05, 0) is 46.1 Å². The van der Waals surface area contributed by atoms with Gasteiger partial charge in [-0.1, -0.05) is 13.3 Å². The lowest BCUT2D eigenvalue weighted by molar-refractivity contribution is -0.149. The molecule has 19 heavy (non-hydrogen) atoms. The van der Waals surface area contributed by atoms with Crippen LogP contribution >= 0.6 is 0 Å². The smallest absolute Gasteiger partial charge is 0.327 e. The Bertz CT molecular complexity index is 294. The molecule has 0 bridgehead atoms. The van der Waals surface area contributed by atoms with E-state index in [0.717, 1.165) is 25.6 Å². The molecule has 0 aromatic rings. The predicted molar refractivity (Wildman–Crippen MR) is 78.1 cm³/mol. The minimum atomic E-state index is -0.607. The maximum Gasteiger partial charge on any atom is 0.327 e. The summed E-state index contributed by atoms with van der Waals surface area (Å²) < 4.78 is 4.97. The van der Waals surface area contributed by atoms with Crippen LogP contribution in [0.3, 0.4) is 0 Å². The van der Waals surface area contributed by atoms with Gasteiger partial charge in [0.1, 0.15) is 5.54 Å². The first-order chi connectivity index (χ1) is 8.91. The fourth-order valence-electron chi connectivity index (χ4n) is 3.18. The van der Waals surface area contributed by atoms with Crippen LogP contribution in [-0.2, 0) is 9.53 Å². The number of likely N-dealkylation sites (tertiary alicyclic amines) is 1. The molecule has 1 saturated heterocycles. The average molecular weight is 270 g/mol. The number of hydrogen-bond acceptors (Lipinski definition) is 4. The molecule has 1 N–H and O–H groups in total. The molecule has 112 valence electrons. The van der Waals surface area contributed by atoms with Gasteiger partial charge >= 0.3 is 5.97 Å². The summed E-state index contributed by atoms with van der Waals surface area (Å²) in [6.45, 7) is 11.2. The van der Waals surface area contributed by atoms with Crippen molar-refractivity contribution in [2.24, 2.45) is 5.92 Å². The summed E-state index contributed by atoms with van der Waals surface area (Å²) in [6.07, 6.45) is 3.80. The molecule has 1 rings (SSSR count). The molecule has 0 aromatic heterocycles. The summed E-state index contributed by atoms with van der Waals surface area (Å²) in [5, 5.41) is 3.36. The van der Waals surface area contributed by atoms with E-state index >= 15 is 0 Å². The Hall–Kier alpha value is -0.610. The number of carbonyl (C=O) groups excluding carboxylic acids is 1. The first-order valence-corrected chi connectivity index (χ1v) is 7.49. The van der Waals surface area contributed by atoms with Crippen LogP contribution in [-0.4, -0.2) is 49.2 Å². The summed E-state index contributed by atoms with van der Waals surface area (Å²) >= 11 is 0. The van der Waals surface area contributed by atoms with Crippen LogP contribution in [0.15, 0.2) is 0 Å².